The van der Waals surface area contributed by atoms with E-state index in [0.29, 0.717) is 6.61 Å². The molecule has 1 unspecified atom stereocenters. The monoisotopic (exact) mass is 316 g/mol. The summed E-state index contributed by atoms with van der Waals surface area (Å²) < 4.78 is 11.6. The maximum Gasteiger partial charge on any atom is 0.180 e. The number of ether oxygens (including phenoxy) is 2. The van der Waals surface area contributed by atoms with Crippen LogP contribution in [-0.4, -0.2) is 45.9 Å². The molecule has 1 fully saturated rings. The zero-order valence-electron chi connectivity index (χ0n) is 14.0. The Morgan fingerprint density at radius 3 is 3.04 bits per heavy atom. The summed E-state index contributed by atoms with van der Waals surface area (Å²) in [5, 5.41) is 7.10. The van der Waals surface area contributed by atoms with Gasteiger partial charge in [-0.1, -0.05) is 12.1 Å². The topological polar surface area (TPSA) is 63.3 Å². The van der Waals surface area contributed by atoms with Gasteiger partial charge < -0.3 is 9.47 Å². The largest absolute Gasteiger partial charge is 0.491 e. The van der Waals surface area contributed by atoms with Gasteiger partial charge in [-0.2, -0.15) is 5.10 Å². The third-order valence-electron chi connectivity index (χ3n) is 3.73. The molecule has 1 saturated heterocycles. The third kappa shape index (κ3) is 4.30. The number of H-pyrrole nitrogens is 1. The molecule has 1 atom stereocenters. The van der Waals surface area contributed by atoms with Crippen molar-refractivity contribution in [3.8, 4) is 5.75 Å². The molecule has 3 rings (SSSR count). The van der Waals surface area contributed by atoms with Gasteiger partial charge in [0.25, 0.3) is 0 Å². The molecule has 124 valence electrons. The van der Waals surface area contributed by atoms with Crippen molar-refractivity contribution in [3.05, 3.63) is 41.5 Å². The van der Waals surface area contributed by atoms with Gasteiger partial charge in [-0.15, -0.1) is 0 Å². The van der Waals surface area contributed by atoms with Crippen LogP contribution in [0.1, 0.15) is 37.2 Å². The lowest BCUT2D eigenvalue weighted by molar-refractivity contribution is -0.0370. The van der Waals surface area contributed by atoms with Crippen molar-refractivity contribution in [2.24, 2.45) is 0 Å². The number of hydrogen-bond donors (Lipinski definition) is 1. The molecule has 1 aliphatic heterocycles. The fraction of sp³-hybridized carbons (Fsp3) is 0.529. The lowest BCUT2D eigenvalue weighted by Crippen LogP contribution is -2.38. The first-order valence-corrected chi connectivity index (χ1v) is 8.08. The van der Waals surface area contributed by atoms with Gasteiger partial charge in [-0.3, -0.25) is 10.00 Å². The van der Waals surface area contributed by atoms with Crippen molar-refractivity contribution in [2.75, 3.05) is 19.7 Å². The van der Waals surface area contributed by atoms with E-state index in [1.807, 2.05) is 32.9 Å². The number of aryl methyl sites for hydroxylation is 1. The first-order valence-electron chi connectivity index (χ1n) is 8.08. The van der Waals surface area contributed by atoms with E-state index in [9.17, 15) is 0 Å². The minimum Gasteiger partial charge on any atom is -0.491 e. The Morgan fingerprint density at radius 1 is 1.43 bits per heavy atom. The second-order valence-electron chi connectivity index (χ2n) is 6.19. The van der Waals surface area contributed by atoms with Crippen molar-refractivity contribution < 1.29 is 9.47 Å². The first kappa shape index (κ1) is 16.0. The summed E-state index contributed by atoms with van der Waals surface area (Å²) in [6, 6.07) is 8.29. The van der Waals surface area contributed by atoms with Gasteiger partial charge in [0.2, 0.25) is 0 Å². The minimum atomic E-state index is -0.0659. The maximum atomic E-state index is 5.81. The second-order valence-corrected chi connectivity index (χ2v) is 6.19. The Bertz CT molecular complexity index is 641. The second kappa shape index (κ2) is 7.10. The van der Waals surface area contributed by atoms with E-state index >= 15 is 0 Å². The molecule has 23 heavy (non-hydrogen) atoms. The van der Waals surface area contributed by atoms with Crippen molar-refractivity contribution >= 4 is 0 Å². The summed E-state index contributed by atoms with van der Waals surface area (Å²) in [7, 11) is 0. The highest BCUT2D eigenvalue weighted by molar-refractivity contribution is 5.28. The number of rotatable bonds is 5. The maximum absolute atomic E-state index is 5.81. The molecule has 6 nitrogen and oxygen atoms in total. The van der Waals surface area contributed by atoms with Gasteiger partial charge in [0.1, 0.15) is 17.7 Å². The Kier molecular flexibility index (Phi) is 4.93. The Labute approximate surface area is 136 Å². The van der Waals surface area contributed by atoms with Crippen LogP contribution in [-0.2, 0) is 11.3 Å². The standard InChI is InChI=1S/C17H24N4O2/c1-12(2)23-15-6-4-5-14(9-15)10-21-7-8-22-16(11-21)17-18-13(3)19-20-17/h4-6,9,12,16H,7-8,10-11H2,1-3H3,(H,18,19,20). The lowest BCUT2D eigenvalue weighted by atomic mass is 10.1. The number of nitrogens with one attached hydrogen (secondary N) is 1. The third-order valence-corrected chi connectivity index (χ3v) is 3.73. The minimum absolute atomic E-state index is 0.0659. The van der Waals surface area contributed by atoms with Gasteiger partial charge in [-0.25, -0.2) is 4.98 Å². The van der Waals surface area contributed by atoms with Crippen LogP contribution in [0.25, 0.3) is 0 Å². The molecule has 1 aromatic carbocycles. The predicted molar refractivity (Wildman–Crippen MR) is 87.3 cm³/mol. The number of hydrogen-bond acceptors (Lipinski definition) is 5. The van der Waals surface area contributed by atoms with Gasteiger partial charge in [0, 0.05) is 19.6 Å². The smallest absolute Gasteiger partial charge is 0.180 e. The predicted octanol–water partition coefficient (Wildman–Crippen LogP) is 2.47. The Morgan fingerprint density at radius 2 is 2.30 bits per heavy atom. The average molecular weight is 316 g/mol. The first-order chi connectivity index (χ1) is 11.1. The molecule has 0 amide bonds. The van der Waals surface area contributed by atoms with E-state index in [2.05, 4.69) is 32.2 Å². The summed E-state index contributed by atoms with van der Waals surface area (Å²) in [6.45, 7) is 9.26. The lowest BCUT2D eigenvalue weighted by Gasteiger charge is -2.31. The summed E-state index contributed by atoms with van der Waals surface area (Å²) in [5.41, 5.74) is 1.25. The van der Waals surface area contributed by atoms with Crippen molar-refractivity contribution in [3.63, 3.8) is 0 Å². The van der Waals surface area contributed by atoms with Crippen LogP contribution in [0.3, 0.4) is 0 Å². The zero-order valence-corrected chi connectivity index (χ0v) is 14.0. The molecule has 0 radical (unpaired) electrons. The molecule has 1 N–H and O–H groups in total. The van der Waals surface area contributed by atoms with E-state index in [1.54, 1.807) is 0 Å². The highest BCUT2D eigenvalue weighted by Gasteiger charge is 2.25. The van der Waals surface area contributed by atoms with Gasteiger partial charge >= 0.3 is 0 Å². The molecule has 0 spiro atoms. The SMILES string of the molecule is Cc1nc(C2CN(Cc3cccc(OC(C)C)c3)CCO2)n[nH]1. The number of morpholine rings is 1. The molecule has 0 aliphatic carbocycles. The van der Waals surface area contributed by atoms with Crippen molar-refractivity contribution in [2.45, 2.75) is 39.5 Å². The number of nitrogens with zero attached hydrogens (tertiary/aromatic N) is 3. The fourth-order valence-corrected chi connectivity index (χ4v) is 2.75. The van der Waals surface area contributed by atoms with Crippen molar-refractivity contribution in [1.29, 1.82) is 0 Å². The van der Waals surface area contributed by atoms with Crippen LogP contribution < -0.4 is 4.74 Å². The van der Waals surface area contributed by atoms with Crippen LogP contribution in [0, 0.1) is 6.92 Å². The highest BCUT2D eigenvalue weighted by Crippen LogP contribution is 2.22. The summed E-state index contributed by atoms with van der Waals surface area (Å²) in [6.07, 6.45) is 0.121. The van der Waals surface area contributed by atoms with E-state index in [4.69, 9.17) is 9.47 Å². The summed E-state index contributed by atoms with van der Waals surface area (Å²) >= 11 is 0. The van der Waals surface area contributed by atoms with Crippen LogP contribution >= 0.6 is 0 Å². The van der Waals surface area contributed by atoms with Crippen LogP contribution in [0.15, 0.2) is 24.3 Å². The van der Waals surface area contributed by atoms with E-state index < -0.39 is 0 Å². The molecule has 6 heteroatoms. The van der Waals surface area contributed by atoms with Gasteiger partial charge in [-0.05, 0) is 38.5 Å². The van der Waals surface area contributed by atoms with E-state index in [0.717, 1.165) is 37.0 Å². The van der Waals surface area contributed by atoms with Gasteiger partial charge in [0.05, 0.1) is 12.7 Å². The molecule has 1 aliphatic rings. The van der Waals surface area contributed by atoms with E-state index in [1.165, 1.54) is 5.56 Å². The Balaban J connectivity index is 1.63. The molecular formula is C17H24N4O2. The Hall–Kier alpha value is -1.92. The zero-order chi connectivity index (χ0) is 16.2. The van der Waals surface area contributed by atoms with Crippen molar-refractivity contribution in [1.82, 2.24) is 20.1 Å². The fourth-order valence-electron chi connectivity index (χ4n) is 2.75. The molecule has 2 aromatic rings. The molecule has 1 aromatic heterocycles. The highest BCUT2D eigenvalue weighted by atomic mass is 16.5. The number of benzene rings is 1. The average Bonchev–Trinajstić information content (AvgIpc) is 2.94. The van der Waals surface area contributed by atoms with Gasteiger partial charge in [0.15, 0.2) is 5.82 Å². The number of aromatic amines is 1. The molecule has 0 bridgehead atoms. The quantitative estimate of drug-likeness (QED) is 0.918. The van der Waals surface area contributed by atoms with Crippen LogP contribution in [0.5, 0.6) is 5.75 Å². The normalized spacial score (nSPS) is 19.2. The molecule has 0 saturated carbocycles. The molecule has 2 heterocycles. The number of aromatic nitrogens is 3. The van der Waals surface area contributed by atoms with Crippen LogP contribution in [0.2, 0.25) is 0 Å². The molecular weight excluding hydrogens is 292 g/mol. The summed E-state index contributed by atoms with van der Waals surface area (Å²) in [5.74, 6) is 2.48. The van der Waals surface area contributed by atoms with Crippen LogP contribution in [0.4, 0.5) is 0 Å². The van der Waals surface area contributed by atoms with E-state index in [-0.39, 0.29) is 12.2 Å². The summed E-state index contributed by atoms with van der Waals surface area (Å²) in [4.78, 5) is 6.75.